The zero-order valence-electron chi connectivity index (χ0n) is 15.7. The average molecular weight is 424 g/mol. The number of thiazole rings is 1. The van der Waals surface area contributed by atoms with Crippen molar-refractivity contribution in [1.29, 1.82) is 0 Å². The quantitative estimate of drug-likeness (QED) is 0.493. The van der Waals surface area contributed by atoms with Crippen LogP contribution in [0.15, 0.2) is 48.5 Å². The molecule has 1 aliphatic rings. The summed E-state index contributed by atoms with van der Waals surface area (Å²) in [5.41, 5.74) is 4.01. The molecule has 8 heteroatoms. The zero-order valence-corrected chi connectivity index (χ0v) is 17.3. The zero-order chi connectivity index (χ0) is 20.0. The third-order valence-electron chi connectivity index (χ3n) is 4.98. The van der Waals surface area contributed by atoms with Crippen LogP contribution in [0.2, 0.25) is 5.02 Å². The highest BCUT2D eigenvalue weighted by atomic mass is 35.5. The Kier molecular flexibility index (Phi) is 4.49. The van der Waals surface area contributed by atoms with Crippen molar-refractivity contribution in [3.63, 3.8) is 0 Å². The second-order valence-electron chi connectivity index (χ2n) is 7.08. The van der Waals surface area contributed by atoms with Crippen molar-refractivity contribution in [1.82, 2.24) is 19.5 Å². The van der Waals surface area contributed by atoms with E-state index in [1.165, 1.54) is 0 Å². The molecule has 2 aromatic heterocycles. The Morgan fingerprint density at radius 1 is 1.21 bits per heavy atom. The van der Waals surface area contributed by atoms with E-state index < -0.39 is 0 Å². The predicted molar refractivity (Wildman–Crippen MR) is 116 cm³/mol. The summed E-state index contributed by atoms with van der Waals surface area (Å²) in [4.78, 5) is 21.2. The van der Waals surface area contributed by atoms with E-state index in [4.69, 9.17) is 11.6 Å². The van der Waals surface area contributed by atoms with E-state index >= 15 is 0 Å². The van der Waals surface area contributed by atoms with Gasteiger partial charge in [-0.2, -0.15) is 4.98 Å². The van der Waals surface area contributed by atoms with Crippen molar-refractivity contribution in [2.24, 2.45) is 0 Å². The first kappa shape index (κ1) is 18.1. The van der Waals surface area contributed by atoms with Crippen LogP contribution in [0.4, 0.5) is 10.5 Å². The fourth-order valence-electron chi connectivity index (χ4n) is 3.51. The molecule has 3 heterocycles. The van der Waals surface area contributed by atoms with E-state index in [0.29, 0.717) is 23.9 Å². The first-order valence-electron chi connectivity index (χ1n) is 9.33. The molecule has 0 spiro atoms. The van der Waals surface area contributed by atoms with E-state index in [1.54, 1.807) is 11.3 Å². The first-order valence-corrected chi connectivity index (χ1v) is 10.5. The van der Waals surface area contributed by atoms with Gasteiger partial charge < -0.3 is 10.2 Å². The van der Waals surface area contributed by atoms with Gasteiger partial charge in [-0.15, -0.1) is 5.10 Å². The summed E-state index contributed by atoms with van der Waals surface area (Å²) in [6.07, 6.45) is 0.750. The SMILES string of the molecule is Cc1cccc(NC(=O)N2CCc3c(sc4nc(-c5ccc(Cl)cc5)nn34)C2)c1. The van der Waals surface area contributed by atoms with E-state index in [9.17, 15) is 4.79 Å². The number of nitrogens with one attached hydrogen (secondary N) is 1. The lowest BCUT2D eigenvalue weighted by molar-refractivity contribution is 0.206. The monoisotopic (exact) mass is 423 g/mol. The van der Waals surface area contributed by atoms with Crippen LogP contribution in [0, 0.1) is 6.92 Å². The second kappa shape index (κ2) is 7.17. The Hall–Kier alpha value is -2.90. The minimum atomic E-state index is -0.0814. The maximum Gasteiger partial charge on any atom is 0.322 e. The molecule has 146 valence electrons. The van der Waals surface area contributed by atoms with Gasteiger partial charge in [0.05, 0.1) is 12.2 Å². The van der Waals surface area contributed by atoms with Gasteiger partial charge in [0.15, 0.2) is 5.82 Å². The molecule has 4 aromatic rings. The summed E-state index contributed by atoms with van der Waals surface area (Å²) in [5, 5.41) is 8.37. The molecule has 6 nitrogen and oxygen atoms in total. The molecule has 2 aromatic carbocycles. The summed E-state index contributed by atoms with van der Waals surface area (Å²) in [5.74, 6) is 0.690. The van der Waals surface area contributed by atoms with Crippen molar-refractivity contribution >= 4 is 39.6 Å². The predicted octanol–water partition coefficient (Wildman–Crippen LogP) is 5.01. The molecule has 0 bridgehead atoms. The second-order valence-corrected chi connectivity index (χ2v) is 8.58. The number of urea groups is 1. The Bertz CT molecular complexity index is 1210. The third kappa shape index (κ3) is 3.47. The minimum Gasteiger partial charge on any atom is -0.319 e. The van der Waals surface area contributed by atoms with Crippen LogP contribution in [-0.2, 0) is 13.0 Å². The van der Waals surface area contributed by atoms with Crippen LogP contribution in [0.5, 0.6) is 0 Å². The molecule has 1 aliphatic heterocycles. The molecule has 0 aliphatic carbocycles. The number of carbonyl (C=O) groups excluding carboxylic acids is 1. The van der Waals surface area contributed by atoms with Crippen LogP contribution in [0.25, 0.3) is 16.3 Å². The number of nitrogens with zero attached hydrogens (tertiary/aromatic N) is 4. The molecule has 1 N–H and O–H groups in total. The fourth-order valence-corrected chi connectivity index (χ4v) is 4.75. The van der Waals surface area contributed by atoms with Crippen LogP contribution in [0.3, 0.4) is 0 Å². The number of carbonyl (C=O) groups is 1. The topological polar surface area (TPSA) is 62.5 Å². The fraction of sp³-hybridized carbons (Fsp3) is 0.190. The van der Waals surface area contributed by atoms with Gasteiger partial charge >= 0.3 is 6.03 Å². The van der Waals surface area contributed by atoms with Crippen molar-refractivity contribution in [3.05, 3.63) is 69.7 Å². The highest BCUT2D eigenvalue weighted by Crippen LogP contribution is 2.30. The molecule has 0 radical (unpaired) electrons. The number of amides is 2. The van der Waals surface area contributed by atoms with E-state index in [-0.39, 0.29) is 6.03 Å². The van der Waals surface area contributed by atoms with Crippen molar-refractivity contribution < 1.29 is 4.79 Å². The Morgan fingerprint density at radius 3 is 2.83 bits per heavy atom. The number of rotatable bonds is 2. The molecule has 0 atom stereocenters. The van der Waals surface area contributed by atoms with Crippen LogP contribution < -0.4 is 5.32 Å². The van der Waals surface area contributed by atoms with Gasteiger partial charge in [-0.25, -0.2) is 9.31 Å². The molecule has 5 rings (SSSR count). The number of halogens is 1. The third-order valence-corrected chi connectivity index (χ3v) is 6.29. The summed E-state index contributed by atoms with van der Waals surface area (Å²) in [6, 6.07) is 15.3. The minimum absolute atomic E-state index is 0.0814. The maximum atomic E-state index is 12.7. The van der Waals surface area contributed by atoms with Crippen molar-refractivity contribution in [2.45, 2.75) is 19.9 Å². The van der Waals surface area contributed by atoms with Gasteiger partial charge in [0.25, 0.3) is 0 Å². The average Bonchev–Trinajstić information content (AvgIpc) is 3.26. The van der Waals surface area contributed by atoms with Gasteiger partial charge in [-0.05, 0) is 48.9 Å². The molecule has 0 saturated carbocycles. The highest BCUT2D eigenvalue weighted by Gasteiger charge is 2.26. The van der Waals surface area contributed by atoms with Crippen LogP contribution in [-0.4, -0.2) is 32.1 Å². The van der Waals surface area contributed by atoms with Crippen molar-refractivity contribution in [2.75, 3.05) is 11.9 Å². The van der Waals surface area contributed by atoms with Crippen LogP contribution >= 0.6 is 22.9 Å². The number of anilines is 1. The lowest BCUT2D eigenvalue weighted by atomic mass is 10.2. The Morgan fingerprint density at radius 2 is 2.03 bits per heavy atom. The number of hydrogen-bond donors (Lipinski definition) is 1. The Balaban J connectivity index is 1.36. The van der Waals surface area contributed by atoms with Gasteiger partial charge in [0.2, 0.25) is 4.96 Å². The molecule has 0 saturated heterocycles. The summed E-state index contributed by atoms with van der Waals surface area (Å²) in [7, 11) is 0. The largest absolute Gasteiger partial charge is 0.322 e. The molecule has 0 unspecified atom stereocenters. The molecular weight excluding hydrogens is 406 g/mol. The number of fused-ring (bicyclic) bond motifs is 3. The number of aromatic nitrogens is 3. The number of benzene rings is 2. The summed E-state index contributed by atoms with van der Waals surface area (Å²) in [6.45, 7) is 3.22. The molecular formula is C21H18ClN5OS. The van der Waals surface area contributed by atoms with Crippen LogP contribution in [0.1, 0.15) is 16.1 Å². The molecule has 0 fully saturated rings. The van der Waals surface area contributed by atoms with E-state index in [1.807, 2.05) is 64.9 Å². The van der Waals surface area contributed by atoms with Gasteiger partial charge in [0.1, 0.15) is 0 Å². The van der Waals surface area contributed by atoms with Gasteiger partial charge in [0, 0.05) is 34.1 Å². The lowest BCUT2D eigenvalue weighted by Crippen LogP contribution is -2.38. The maximum absolute atomic E-state index is 12.7. The smallest absolute Gasteiger partial charge is 0.319 e. The Labute approximate surface area is 176 Å². The number of hydrogen-bond acceptors (Lipinski definition) is 4. The molecule has 29 heavy (non-hydrogen) atoms. The first-order chi connectivity index (χ1) is 14.1. The van der Waals surface area contributed by atoms with Crippen molar-refractivity contribution in [3.8, 4) is 11.4 Å². The standard InChI is InChI=1S/C21H18ClN5OS/c1-13-3-2-4-16(11-13)23-20(28)26-10-9-17-18(12-26)29-21-24-19(25-27(17)21)14-5-7-15(22)8-6-14/h2-8,11H,9-10,12H2,1H3,(H,23,28). The summed E-state index contributed by atoms with van der Waals surface area (Å²) >= 11 is 7.56. The number of aryl methyl sites for hydroxylation is 1. The van der Waals surface area contributed by atoms with E-state index in [2.05, 4.69) is 15.4 Å². The highest BCUT2D eigenvalue weighted by molar-refractivity contribution is 7.17. The van der Waals surface area contributed by atoms with Gasteiger partial charge in [-0.3, -0.25) is 0 Å². The van der Waals surface area contributed by atoms with Gasteiger partial charge in [-0.1, -0.05) is 35.1 Å². The molecule has 2 amide bonds. The normalized spacial score (nSPS) is 13.5. The lowest BCUT2D eigenvalue weighted by Gasteiger charge is -2.26. The van der Waals surface area contributed by atoms with E-state index in [0.717, 1.165) is 38.8 Å². The summed E-state index contributed by atoms with van der Waals surface area (Å²) < 4.78 is 1.92.